The van der Waals surface area contributed by atoms with Crippen LogP contribution in [0.25, 0.3) is 22.4 Å². The van der Waals surface area contributed by atoms with E-state index in [1.807, 2.05) is 49.7 Å². The number of aryl methyl sites for hydroxylation is 3. The number of fused-ring (bicyclic) bond motifs is 5. The summed E-state index contributed by atoms with van der Waals surface area (Å²) in [7, 11) is -2.22. The van der Waals surface area contributed by atoms with Gasteiger partial charge < -0.3 is 18.9 Å². The van der Waals surface area contributed by atoms with E-state index in [4.69, 9.17) is 19.4 Å². The van der Waals surface area contributed by atoms with Crippen molar-refractivity contribution in [1.29, 1.82) is 0 Å². The average Bonchev–Trinajstić information content (AvgIpc) is 3.44. The van der Waals surface area contributed by atoms with Crippen LogP contribution < -0.4 is 9.46 Å². The largest absolute Gasteiger partial charge is 0.475 e. The first-order valence-electron chi connectivity index (χ1n) is 17.4. The molecule has 0 spiro atoms. The van der Waals surface area contributed by atoms with Gasteiger partial charge in [0.05, 0.1) is 41.2 Å². The molecule has 5 heterocycles. The second-order valence-corrected chi connectivity index (χ2v) is 15.5. The van der Waals surface area contributed by atoms with Crippen LogP contribution in [0, 0.1) is 13.8 Å². The molecule has 0 radical (unpaired) electrons. The number of nitrogens with zero attached hydrogens (tertiary/aromatic N) is 6. The quantitative estimate of drug-likeness (QED) is 0.214. The summed E-state index contributed by atoms with van der Waals surface area (Å²) in [6.45, 7) is 9.04. The molecule has 2 atom stereocenters. The van der Waals surface area contributed by atoms with Crippen molar-refractivity contribution >= 4 is 33.0 Å². The predicted octanol–water partition coefficient (Wildman–Crippen LogP) is 6.33. The number of amides is 1. The zero-order valence-electron chi connectivity index (χ0n) is 29.6. The Kier molecular flexibility index (Phi) is 9.51. The third-order valence-corrected chi connectivity index (χ3v) is 11.1. The summed E-state index contributed by atoms with van der Waals surface area (Å²) in [6, 6.07) is 15.2. The van der Waals surface area contributed by atoms with Crippen LogP contribution >= 0.6 is 0 Å². The number of sulfonamides is 1. The number of hydrogen-bond acceptors (Lipinski definition) is 9. The Morgan fingerprint density at radius 1 is 1.00 bits per heavy atom. The van der Waals surface area contributed by atoms with Crippen molar-refractivity contribution < 1.29 is 22.7 Å². The number of hydrogen-bond donors (Lipinski definition) is 1. The number of anilines is 1. The molecule has 2 aromatic carbocycles. The SMILES string of the molecule is Cc1cccc(C)c1-c1cc2nc(n1)NS(=O)(=O)c1cccc(c1)C(=O)N(Cc1cnc3cc(C(C)C)n(C)c3n1)[C@H](C[C@@H]1CCCCO1)CO2. The Bertz CT molecular complexity index is 2190. The molecule has 2 aliphatic rings. The van der Waals surface area contributed by atoms with Crippen molar-refractivity contribution in [3.63, 3.8) is 0 Å². The van der Waals surface area contributed by atoms with E-state index in [-0.39, 0.29) is 53.4 Å². The van der Waals surface area contributed by atoms with Gasteiger partial charge in [-0.3, -0.25) is 9.78 Å². The van der Waals surface area contributed by atoms with Crippen LogP contribution in [0.4, 0.5) is 5.95 Å². The lowest BCUT2D eigenvalue weighted by atomic mass is 10.00. The van der Waals surface area contributed by atoms with Crippen LogP contribution in [0.3, 0.4) is 0 Å². The summed E-state index contributed by atoms with van der Waals surface area (Å²) >= 11 is 0. The number of rotatable bonds is 6. The number of carbonyl (C=O) groups is 1. The topological polar surface area (TPSA) is 141 Å². The summed E-state index contributed by atoms with van der Waals surface area (Å²) in [4.78, 5) is 35.1. The minimum Gasteiger partial charge on any atom is -0.475 e. The Balaban J connectivity index is 1.35. The highest BCUT2D eigenvalue weighted by Gasteiger charge is 2.32. The highest BCUT2D eigenvalue weighted by molar-refractivity contribution is 7.92. The van der Waals surface area contributed by atoms with Gasteiger partial charge in [-0.05, 0) is 80.8 Å². The van der Waals surface area contributed by atoms with Gasteiger partial charge in [-0.25, -0.2) is 23.1 Å². The van der Waals surface area contributed by atoms with E-state index >= 15 is 0 Å². The first kappa shape index (κ1) is 34.6. The molecule has 13 heteroatoms. The number of carbonyl (C=O) groups excluding carboxylic acids is 1. The van der Waals surface area contributed by atoms with Crippen LogP contribution in [0.2, 0.25) is 0 Å². The smallest absolute Gasteiger partial charge is 0.264 e. The molecular weight excluding hydrogens is 667 g/mol. The Morgan fingerprint density at radius 2 is 1.78 bits per heavy atom. The highest BCUT2D eigenvalue weighted by atomic mass is 32.2. The zero-order chi connectivity index (χ0) is 35.9. The van der Waals surface area contributed by atoms with E-state index in [0.29, 0.717) is 24.4 Å². The van der Waals surface area contributed by atoms with Crippen LogP contribution in [0.5, 0.6) is 5.88 Å². The third kappa shape index (κ3) is 7.18. The molecule has 51 heavy (non-hydrogen) atoms. The van der Waals surface area contributed by atoms with E-state index in [0.717, 1.165) is 52.8 Å². The van der Waals surface area contributed by atoms with E-state index in [9.17, 15) is 13.2 Å². The maximum atomic E-state index is 14.6. The molecule has 0 aliphatic carbocycles. The molecule has 5 aromatic rings. The van der Waals surface area contributed by atoms with E-state index in [1.54, 1.807) is 29.3 Å². The van der Waals surface area contributed by atoms with Gasteiger partial charge >= 0.3 is 0 Å². The first-order chi connectivity index (χ1) is 24.5. The monoisotopic (exact) mass is 709 g/mol. The molecule has 1 fully saturated rings. The van der Waals surface area contributed by atoms with Gasteiger partial charge in [0.25, 0.3) is 15.9 Å². The molecular formula is C38H43N7O5S. The second kappa shape index (κ2) is 14.0. The fraction of sp³-hybridized carbons (Fsp3) is 0.395. The number of ether oxygens (including phenoxy) is 2. The molecule has 1 saturated heterocycles. The van der Waals surface area contributed by atoms with Crippen molar-refractivity contribution in [3.8, 4) is 17.1 Å². The van der Waals surface area contributed by atoms with Crippen molar-refractivity contribution in [2.24, 2.45) is 7.05 Å². The van der Waals surface area contributed by atoms with E-state index in [1.165, 1.54) is 12.1 Å². The lowest BCUT2D eigenvalue weighted by molar-refractivity contribution is -0.0123. The summed E-state index contributed by atoms with van der Waals surface area (Å²) in [5.41, 5.74) is 6.74. The van der Waals surface area contributed by atoms with Crippen molar-refractivity contribution in [1.82, 2.24) is 29.4 Å². The normalized spacial score (nSPS) is 19.2. The first-order valence-corrected chi connectivity index (χ1v) is 18.9. The van der Waals surface area contributed by atoms with Crippen LogP contribution in [-0.2, 0) is 28.4 Å². The molecule has 7 rings (SSSR count). The lowest BCUT2D eigenvalue weighted by Crippen LogP contribution is -2.46. The Hall–Kier alpha value is -4.88. The molecule has 4 bridgehead atoms. The van der Waals surface area contributed by atoms with Gasteiger partial charge in [0, 0.05) is 36.5 Å². The summed E-state index contributed by atoms with van der Waals surface area (Å²) in [5.74, 6) is -0.0271. The molecule has 3 aromatic heterocycles. The minimum atomic E-state index is -4.19. The maximum Gasteiger partial charge on any atom is 0.264 e. The Morgan fingerprint density at radius 3 is 2.53 bits per heavy atom. The minimum absolute atomic E-state index is 0.0675. The van der Waals surface area contributed by atoms with Gasteiger partial charge in [0.15, 0.2) is 5.65 Å². The molecule has 12 nitrogen and oxygen atoms in total. The molecule has 0 saturated carbocycles. The van der Waals surface area contributed by atoms with Crippen molar-refractivity contribution in [3.05, 3.63) is 88.9 Å². The molecule has 1 amide bonds. The number of benzene rings is 2. The molecule has 1 N–H and O–H groups in total. The van der Waals surface area contributed by atoms with Gasteiger partial charge in [0.2, 0.25) is 11.8 Å². The fourth-order valence-electron chi connectivity index (χ4n) is 7.10. The van der Waals surface area contributed by atoms with Crippen molar-refractivity contribution in [2.45, 2.75) is 82.9 Å². The summed E-state index contributed by atoms with van der Waals surface area (Å²) in [5, 5.41) is 0. The molecule has 2 aliphatic heterocycles. The average molecular weight is 710 g/mol. The second-order valence-electron chi connectivity index (χ2n) is 13.8. The lowest BCUT2D eigenvalue weighted by Gasteiger charge is -2.35. The third-order valence-electron chi connectivity index (χ3n) is 9.74. The summed E-state index contributed by atoms with van der Waals surface area (Å²) in [6.07, 6.45) is 4.99. The van der Waals surface area contributed by atoms with Gasteiger partial charge in [-0.2, -0.15) is 4.98 Å². The molecule has 0 unspecified atom stereocenters. The molecule has 266 valence electrons. The van der Waals surface area contributed by atoms with E-state index < -0.39 is 16.1 Å². The van der Waals surface area contributed by atoms with Crippen LogP contribution in [-0.4, -0.2) is 69.1 Å². The van der Waals surface area contributed by atoms with Crippen molar-refractivity contribution in [2.75, 3.05) is 17.9 Å². The van der Waals surface area contributed by atoms with E-state index in [2.05, 4.69) is 28.5 Å². The van der Waals surface area contributed by atoms with Crippen LogP contribution in [0.15, 0.2) is 65.7 Å². The summed E-state index contributed by atoms with van der Waals surface area (Å²) < 4.78 is 44.7. The fourth-order valence-corrected chi connectivity index (χ4v) is 8.09. The van der Waals surface area contributed by atoms with Gasteiger partial charge in [-0.1, -0.05) is 38.1 Å². The van der Waals surface area contributed by atoms with Crippen LogP contribution in [0.1, 0.15) is 78.3 Å². The zero-order valence-corrected chi connectivity index (χ0v) is 30.4. The number of aromatic nitrogens is 5. The highest BCUT2D eigenvalue weighted by Crippen LogP contribution is 2.31. The van der Waals surface area contributed by atoms with Gasteiger partial charge in [-0.15, -0.1) is 0 Å². The Labute approximate surface area is 298 Å². The predicted molar refractivity (Wildman–Crippen MR) is 194 cm³/mol. The number of nitrogens with one attached hydrogen (secondary N) is 1. The standard InChI is InChI=1S/C38H43N7O5S/c1-23(2)33-18-32-36(44(33)5)40-27(20-39-32)21-45-28(17-29-13-6-7-15-49-29)22-50-34-19-31(35-24(3)10-8-11-25(35)4)41-38(42-34)43-51(47,48)30-14-9-12-26(16-30)37(45)46/h8-12,14,16,18-20,23,28-29H,6-7,13,15,17,21-22H2,1-5H3,(H,41,42,43)/t28-,29+/m1/s1. The maximum absolute atomic E-state index is 14.6. The van der Waals surface area contributed by atoms with Gasteiger partial charge in [0.1, 0.15) is 12.1 Å².